The molecule has 2 atom stereocenters. The summed E-state index contributed by atoms with van der Waals surface area (Å²) >= 11 is 6.01. The number of quaternary nitrogens is 1. The van der Waals surface area contributed by atoms with Crippen molar-refractivity contribution in [1.82, 2.24) is 5.32 Å². The third kappa shape index (κ3) is 6.55. The first-order valence-corrected chi connectivity index (χ1v) is 9.62. The van der Waals surface area contributed by atoms with E-state index in [0.717, 1.165) is 10.5 Å². The molecule has 0 aliphatic heterocycles. The first-order valence-electron chi connectivity index (χ1n) is 9.24. The maximum Gasteiger partial charge on any atom is 0.279 e. The largest absolute Gasteiger partial charge is 0.495 e. The minimum absolute atomic E-state index is 0.116. The van der Waals surface area contributed by atoms with Gasteiger partial charge in [0.15, 0.2) is 13.1 Å². The molecule has 7 heteroatoms. The summed E-state index contributed by atoms with van der Waals surface area (Å²) in [6, 6.07) is 14.5. The Kier molecular flexibility index (Phi) is 8.29. The van der Waals surface area contributed by atoms with E-state index in [-0.39, 0.29) is 30.9 Å². The highest BCUT2D eigenvalue weighted by Gasteiger charge is 2.19. The van der Waals surface area contributed by atoms with Crippen LogP contribution in [0, 0.1) is 0 Å². The van der Waals surface area contributed by atoms with Gasteiger partial charge in [-0.05, 0) is 43.7 Å². The summed E-state index contributed by atoms with van der Waals surface area (Å²) in [6.45, 7) is 4.90. The molecule has 0 aliphatic carbocycles. The number of benzene rings is 2. The average molecular weight is 405 g/mol. The number of methoxy groups -OCH3 is 1. The number of halogens is 1. The number of para-hydroxylation sites is 2. The summed E-state index contributed by atoms with van der Waals surface area (Å²) in [5, 5.41) is 6.43. The van der Waals surface area contributed by atoms with Gasteiger partial charge in [0.1, 0.15) is 5.75 Å². The maximum absolute atomic E-state index is 12.4. The lowest BCUT2D eigenvalue weighted by Gasteiger charge is -2.19. The number of nitrogens with one attached hydrogen (secondary N) is 3. The van der Waals surface area contributed by atoms with E-state index in [1.165, 1.54) is 0 Å². The third-order valence-corrected chi connectivity index (χ3v) is 4.66. The van der Waals surface area contributed by atoms with E-state index >= 15 is 0 Å². The van der Waals surface area contributed by atoms with Crippen molar-refractivity contribution < 1.29 is 19.2 Å². The van der Waals surface area contributed by atoms with Crippen LogP contribution >= 0.6 is 11.6 Å². The molecule has 0 aliphatic rings. The van der Waals surface area contributed by atoms with Gasteiger partial charge in [0.05, 0.1) is 25.4 Å². The molecule has 0 bridgehead atoms. The van der Waals surface area contributed by atoms with Crippen molar-refractivity contribution in [3.05, 3.63) is 59.1 Å². The lowest BCUT2D eigenvalue weighted by molar-refractivity contribution is -0.881. The lowest BCUT2D eigenvalue weighted by atomic mass is 10.1. The molecule has 150 valence electrons. The molecule has 2 amide bonds. The van der Waals surface area contributed by atoms with E-state index in [9.17, 15) is 9.59 Å². The highest BCUT2D eigenvalue weighted by molar-refractivity contribution is 6.30. The number of hydrogen-bond acceptors (Lipinski definition) is 3. The van der Waals surface area contributed by atoms with Gasteiger partial charge in [-0.2, -0.15) is 0 Å². The monoisotopic (exact) mass is 404 g/mol. The van der Waals surface area contributed by atoms with Crippen LogP contribution < -0.4 is 20.3 Å². The summed E-state index contributed by atoms with van der Waals surface area (Å²) in [4.78, 5) is 25.6. The van der Waals surface area contributed by atoms with Crippen molar-refractivity contribution in [1.29, 1.82) is 0 Å². The van der Waals surface area contributed by atoms with E-state index in [1.54, 1.807) is 25.3 Å². The van der Waals surface area contributed by atoms with Crippen LogP contribution in [0.5, 0.6) is 5.75 Å². The first-order chi connectivity index (χ1) is 13.4. The van der Waals surface area contributed by atoms with E-state index in [4.69, 9.17) is 16.3 Å². The molecule has 2 rings (SSSR count). The number of rotatable bonds is 9. The summed E-state index contributed by atoms with van der Waals surface area (Å²) in [5.74, 6) is 0.313. The van der Waals surface area contributed by atoms with Gasteiger partial charge >= 0.3 is 0 Å². The van der Waals surface area contributed by atoms with E-state index in [2.05, 4.69) is 10.6 Å². The molecule has 0 spiro atoms. The zero-order valence-electron chi connectivity index (χ0n) is 16.4. The quantitative estimate of drug-likeness (QED) is 0.599. The Labute approximate surface area is 170 Å². The minimum Gasteiger partial charge on any atom is -0.495 e. The third-order valence-electron chi connectivity index (χ3n) is 4.43. The number of carbonyl (C=O) groups is 2. The minimum atomic E-state index is -0.169. The van der Waals surface area contributed by atoms with Gasteiger partial charge < -0.3 is 20.3 Å². The smallest absolute Gasteiger partial charge is 0.279 e. The lowest BCUT2D eigenvalue weighted by Crippen LogP contribution is -3.14. The van der Waals surface area contributed by atoms with Gasteiger partial charge in [-0.3, -0.25) is 9.59 Å². The SMILES string of the molecule is CC[NH+](CC(=O)Nc1ccccc1OC)CC(=O)N[C@H](C)c1cccc(Cl)c1. The zero-order valence-corrected chi connectivity index (χ0v) is 17.2. The topological polar surface area (TPSA) is 71.9 Å². The average Bonchev–Trinajstić information content (AvgIpc) is 2.67. The number of hydrogen-bond donors (Lipinski definition) is 3. The Balaban J connectivity index is 1.88. The molecule has 2 aromatic carbocycles. The molecular formula is C21H27ClN3O3+. The van der Waals surface area contributed by atoms with Crippen molar-refractivity contribution in [3.63, 3.8) is 0 Å². The second-order valence-electron chi connectivity index (χ2n) is 6.55. The van der Waals surface area contributed by atoms with Crippen LogP contribution in [0.15, 0.2) is 48.5 Å². The van der Waals surface area contributed by atoms with Gasteiger partial charge in [-0.15, -0.1) is 0 Å². The molecule has 0 heterocycles. The normalized spacial score (nSPS) is 12.7. The molecule has 0 saturated carbocycles. The number of ether oxygens (including phenoxy) is 1. The predicted octanol–water partition coefficient (Wildman–Crippen LogP) is 2.07. The van der Waals surface area contributed by atoms with Crippen molar-refractivity contribution in [2.45, 2.75) is 19.9 Å². The Morgan fingerprint density at radius 1 is 1.11 bits per heavy atom. The molecule has 2 aromatic rings. The molecule has 28 heavy (non-hydrogen) atoms. The first kappa shape index (κ1) is 21.7. The molecular weight excluding hydrogens is 378 g/mol. The van der Waals surface area contributed by atoms with Crippen LogP contribution in [0.1, 0.15) is 25.5 Å². The molecule has 0 saturated heterocycles. The van der Waals surface area contributed by atoms with Crippen molar-refractivity contribution in [2.75, 3.05) is 32.1 Å². The van der Waals surface area contributed by atoms with Crippen molar-refractivity contribution in [3.8, 4) is 5.75 Å². The van der Waals surface area contributed by atoms with Gasteiger partial charge in [0.2, 0.25) is 0 Å². The van der Waals surface area contributed by atoms with E-state index in [0.29, 0.717) is 23.0 Å². The summed E-state index contributed by atoms with van der Waals surface area (Å²) in [6.07, 6.45) is 0. The fraction of sp³-hybridized carbons (Fsp3) is 0.333. The fourth-order valence-corrected chi connectivity index (χ4v) is 3.06. The highest BCUT2D eigenvalue weighted by Crippen LogP contribution is 2.22. The zero-order chi connectivity index (χ0) is 20.5. The van der Waals surface area contributed by atoms with Crippen molar-refractivity contribution >= 4 is 29.1 Å². The second kappa shape index (κ2) is 10.7. The molecule has 1 unspecified atom stereocenters. The summed E-state index contributed by atoms with van der Waals surface area (Å²) in [7, 11) is 1.56. The summed E-state index contributed by atoms with van der Waals surface area (Å²) in [5.41, 5.74) is 1.55. The van der Waals surface area contributed by atoms with E-state index < -0.39 is 0 Å². The molecule has 3 N–H and O–H groups in total. The molecule has 0 fully saturated rings. The van der Waals surface area contributed by atoms with Gasteiger partial charge in [-0.1, -0.05) is 35.9 Å². The predicted molar refractivity (Wildman–Crippen MR) is 111 cm³/mol. The van der Waals surface area contributed by atoms with Gasteiger partial charge in [-0.25, -0.2) is 0 Å². The Bertz CT molecular complexity index is 813. The van der Waals surface area contributed by atoms with Crippen molar-refractivity contribution in [2.24, 2.45) is 0 Å². The number of likely N-dealkylation sites (N-methyl/N-ethyl adjacent to an activating group) is 1. The Morgan fingerprint density at radius 2 is 1.82 bits per heavy atom. The van der Waals surface area contributed by atoms with Crippen LogP contribution in [0.25, 0.3) is 0 Å². The number of amides is 2. The molecule has 0 radical (unpaired) electrons. The van der Waals surface area contributed by atoms with E-state index in [1.807, 2.05) is 44.2 Å². The number of anilines is 1. The van der Waals surface area contributed by atoms with Crippen LogP contribution in [-0.4, -0.2) is 38.6 Å². The standard InChI is InChI=1S/C21H26ClN3O3/c1-4-25(14-21(27)24-18-10-5-6-11-19(18)28-3)13-20(26)23-15(2)16-8-7-9-17(22)12-16/h5-12,15H,4,13-14H2,1-3H3,(H,23,26)(H,24,27)/p+1/t15-/m1/s1. The fourth-order valence-electron chi connectivity index (χ4n) is 2.86. The maximum atomic E-state index is 12.4. The second-order valence-corrected chi connectivity index (χ2v) is 6.99. The number of carbonyl (C=O) groups excluding carboxylic acids is 2. The molecule has 0 aromatic heterocycles. The van der Waals surface area contributed by atoms with Crippen LogP contribution in [-0.2, 0) is 9.59 Å². The Morgan fingerprint density at radius 3 is 2.50 bits per heavy atom. The van der Waals surface area contributed by atoms with Crippen LogP contribution in [0.2, 0.25) is 5.02 Å². The van der Waals surface area contributed by atoms with Crippen LogP contribution in [0.3, 0.4) is 0 Å². The highest BCUT2D eigenvalue weighted by atomic mass is 35.5. The Hall–Kier alpha value is -2.57. The molecule has 6 nitrogen and oxygen atoms in total. The van der Waals surface area contributed by atoms with Crippen LogP contribution in [0.4, 0.5) is 5.69 Å². The summed E-state index contributed by atoms with van der Waals surface area (Å²) < 4.78 is 5.24. The van der Waals surface area contributed by atoms with Gasteiger partial charge in [0.25, 0.3) is 11.8 Å². The van der Waals surface area contributed by atoms with Gasteiger partial charge in [0, 0.05) is 5.02 Å².